The van der Waals surface area contributed by atoms with E-state index in [1.807, 2.05) is 40.6 Å². The minimum atomic E-state index is -0.134. The number of carbonyl (C=O) groups excluding carboxylic acids is 1. The van der Waals surface area contributed by atoms with E-state index in [1.165, 1.54) is 18.5 Å². The zero-order valence-corrected chi connectivity index (χ0v) is 17.5. The van der Waals surface area contributed by atoms with Crippen LogP contribution in [0.4, 0.5) is 0 Å². The molecule has 6 nitrogen and oxygen atoms in total. The molecule has 3 aromatic rings. The van der Waals surface area contributed by atoms with Crippen LogP contribution in [0.15, 0.2) is 24.3 Å². The zero-order valence-electron chi connectivity index (χ0n) is 16.8. The first-order chi connectivity index (χ1) is 13.2. The molecular weight excluding hydrogens is 374 g/mol. The van der Waals surface area contributed by atoms with Crippen LogP contribution in [0, 0.1) is 0 Å². The van der Waals surface area contributed by atoms with E-state index >= 15 is 0 Å². The molecule has 1 aliphatic rings. The Morgan fingerprint density at radius 2 is 2.04 bits per heavy atom. The molecule has 2 aromatic heterocycles. The van der Waals surface area contributed by atoms with E-state index in [0.717, 1.165) is 16.9 Å². The topological polar surface area (TPSA) is 64.7 Å². The summed E-state index contributed by atoms with van der Waals surface area (Å²) >= 11 is 6.05. The normalized spacial score (nSPS) is 14.6. The summed E-state index contributed by atoms with van der Waals surface area (Å²) in [7, 11) is 1.98. The third kappa shape index (κ3) is 3.65. The van der Waals surface area contributed by atoms with Gasteiger partial charge in [0.1, 0.15) is 11.5 Å². The molecular formula is C21H26ClN5O. The third-order valence-corrected chi connectivity index (χ3v) is 5.41. The van der Waals surface area contributed by atoms with Gasteiger partial charge in [0.15, 0.2) is 0 Å². The van der Waals surface area contributed by atoms with Crippen LogP contribution in [0.1, 0.15) is 61.5 Å². The van der Waals surface area contributed by atoms with Gasteiger partial charge in [-0.1, -0.05) is 11.6 Å². The number of rotatable bonds is 5. The van der Waals surface area contributed by atoms with E-state index in [9.17, 15) is 4.79 Å². The highest BCUT2D eigenvalue weighted by atomic mass is 35.5. The van der Waals surface area contributed by atoms with Gasteiger partial charge in [0.25, 0.3) is 5.91 Å². The average molecular weight is 400 g/mol. The maximum absolute atomic E-state index is 12.6. The predicted octanol–water partition coefficient (Wildman–Crippen LogP) is 4.03. The van der Waals surface area contributed by atoms with E-state index in [-0.39, 0.29) is 11.4 Å². The van der Waals surface area contributed by atoms with Gasteiger partial charge in [-0.25, -0.2) is 4.98 Å². The summed E-state index contributed by atoms with van der Waals surface area (Å²) in [5.41, 5.74) is 3.43. The number of fused-ring (bicyclic) bond motifs is 1. The number of nitrogens with one attached hydrogen (secondary N) is 1. The Labute approximate surface area is 169 Å². The highest BCUT2D eigenvalue weighted by Gasteiger charge is 2.32. The van der Waals surface area contributed by atoms with Crippen molar-refractivity contribution >= 4 is 28.5 Å². The predicted molar refractivity (Wildman–Crippen MR) is 111 cm³/mol. The second-order valence-electron chi connectivity index (χ2n) is 8.54. The van der Waals surface area contributed by atoms with Crippen LogP contribution in [0.3, 0.4) is 0 Å². The molecule has 1 aliphatic carbocycles. The Bertz CT molecular complexity index is 1040. The summed E-state index contributed by atoms with van der Waals surface area (Å²) in [6.07, 6.45) is 3.00. The number of hydrogen-bond acceptors (Lipinski definition) is 3. The molecule has 2 heterocycles. The van der Waals surface area contributed by atoms with Crippen molar-refractivity contribution in [2.45, 2.75) is 51.5 Å². The lowest BCUT2D eigenvalue weighted by Crippen LogP contribution is -2.28. The molecule has 1 saturated carbocycles. The van der Waals surface area contributed by atoms with Gasteiger partial charge in [0.2, 0.25) is 0 Å². The molecule has 1 fully saturated rings. The Morgan fingerprint density at radius 3 is 2.71 bits per heavy atom. The molecule has 28 heavy (non-hydrogen) atoms. The first-order valence-electron chi connectivity index (χ1n) is 9.73. The number of benzene rings is 1. The van der Waals surface area contributed by atoms with Crippen LogP contribution in [0.5, 0.6) is 0 Å². The molecule has 0 atom stereocenters. The van der Waals surface area contributed by atoms with Crippen LogP contribution in [-0.4, -0.2) is 31.8 Å². The molecule has 1 amide bonds. The van der Waals surface area contributed by atoms with Crippen molar-refractivity contribution in [1.82, 2.24) is 24.6 Å². The average Bonchev–Trinajstić information content (AvgIpc) is 3.28. The molecule has 0 radical (unpaired) electrons. The Hall–Kier alpha value is -2.34. The van der Waals surface area contributed by atoms with Gasteiger partial charge in [-0.3, -0.25) is 9.48 Å². The van der Waals surface area contributed by atoms with Crippen molar-refractivity contribution < 1.29 is 4.79 Å². The lowest BCUT2D eigenvalue weighted by atomic mass is 10.1. The minimum absolute atomic E-state index is 0.133. The molecule has 1 aromatic carbocycles. The van der Waals surface area contributed by atoms with Crippen LogP contribution in [0.2, 0.25) is 5.02 Å². The highest BCUT2D eigenvalue weighted by Crippen LogP contribution is 2.41. The first kappa shape index (κ1) is 19.0. The molecule has 0 aliphatic heterocycles. The van der Waals surface area contributed by atoms with Crippen molar-refractivity contribution in [2.75, 3.05) is 6.54 Å². The maximum Gasteiger partial charge on any atom is 0.271 e. The summed E-state index contributed by atoms with van der Waals surface area (Å²) in [6.45, 7) is 6.85. The zero-order chi connectivity index (χ0) is 20.1. The van der Waals surface area contributed by atoms with Crippen molar-refractivity contribution in [3.05, 3.63) is 46.5 Å². The second kappa shape index (κ2) is 6.92. The quantitative estimate of drug-likeness (QED) is 0.704. The van der Waals surface area contributed by atoms with Crippen molar-refractivity contribution in [2.24, 2.45) is 7.05 Å². The van der Waals surface area contributed by atoms with Crippen LogP contribution in [0.25, 0.3) is 11.0 Å². The smallest absolute Gasteiger partial charge is 0.271 e. The Morgan fingerprint density at radius 1 is 1.29 bits per heavy atom. The minimum Gasteiger partial charge on any atom is -0.350 e. The standard InChI is InChI=1S/C21H26ClN5O/c1-21(2,3)27-18(13-5-6-13)12-16(25-27)20(28)23-10-9-19-24-15-11-14(22)7-8-17(15)26(19)4/h7-8,11-13H,5-6,9-10H2,1-4H3,(H,23,28). The SMILES string of the molecule is Cn1c(CCNC(=O)c2cc(C3CC3)n(C(C)(C)C)n2)nc2cc(Cl)ccc21. The number of imidazole rings is 1. The van der Waals surface area contributed by atoms with Crippen molar-refractivity contribution in [1.29, 1.82) is 0 Å². The Balaban J connectivity index is 1.45. The summed E-state index contributed by atoms with van der Waals surface area (Å²) in [6, 6.07) is 7.64. The molecule has 148 valence electrons. The third-order valence-electron chi connectivity index (χ3n) is 5.17. The number of aromatic nitrogens is 4. The summed E-state index contributed by atoms with van der Waals surface area (Å²) in [5, 5.41) is 8.26. The van der Waals surface area contributed by atoms with Crippen molar-refractivity contribution in [3.63, 3.8) is 0 Å². The molecule has 0 saturated heterocycles. The fraction of sp³-hybridized carbons (Fsp3) is 0.476. The van der Waals surface area contributed by atoms with E-state index in [1.54, 1.807) is 0 Å². The van der Waals surface area contributed by atoms with Gasteiger partial charge in [0, 0.05) is 36.6 Å². The number of hydrogen-bond donors (Lipinski definition) is 1. The van der Waals surface area contributed by atoms with Gasteiger partial charge in [-0.2, -0.15) is 5.10 Å². The fourth-order valence-electron chi connectivity index (χ4n) is 3.54. The monoisotopic (exact) mass is 399 g/mol. The van der Waals surface area contributed by atoms with Crippen LogP contribution >= 0.6 is 11.6 Å². The number of amides is 1. The molecule has 0 bridgehead atoms. The molecule has 0 spiro atoms. The van der Waals surface area contributed by atoms with Gasteiger partial charge in [0.05, 0.1) is 16.6 Å². The highest BCUT2D eigenvalue weighted by molar-refractivity contribution is 6.31. The molecule has 7 heteroatoms. The van der Waals surface area contributed by atoms with Crippen LogP contribution in [-0.2, 0) is 19.0 Å². The molecule has 1 N–H and O–H groups in total. The van der Waals surface area contributed by atoms with Gasteiger partial charge in [-0.15, -0.1) is 0 Å². The van der Waals surface area contributed by atoms with Crippen molar-refractivity contribution in [3.8, 4) is 0 Å². The number of halogens is 1. The van der Waals surface area contributed by atoms with Crippen LogP contribution < -0.4 is 5.32 Å². The van der Waals surface area contributed by atoms with Gasteiger partial charge < -0.3 is 9.88 Å². The van der Waals surface area contributed by atoms with E-state index < -0.39 is 0 Å². The lowest BCUT2D eigenvalue weighted by molar-refractivity contribution is 0.0947. The number of aryl methyl sites for hydroxylation is 1. The van der Waals surface area contributed by atoms with Gasteiger partial charge >= 0.3 is 0 Å². The molecule has 4 rings (SSSR count). The van der Waals surface area contributed by atoms with E-state index in [2.05, 4.69) is 36.2 Å². The summed E-state index contributed by atoms with van der Waals surface area (Å²) < 4.78 is 4.05. The van der Waals surface area contributed by atoms with Gasteiger partial charge in [-0.05, 0) is 57.9 Å². The fourth-order valence-corrected chi connectivity index (χ4v) is 3.70. The second-order valence-corrected chi connectivity index (χ2v) is 8.97. The van der Waals surface area contributed by atoms with E-state index in [0.29, 0.717) is 29.6 Å². The Kier molecular flexibility index (Phi) is 4.70. The number of carbonyl (C=O) groups is 1. The van der Waals surface area contributed by atoms with E-state index in [4.69, 9.17) is 11.6 Å². The largest absolute Gasteiger partial charge is 0.350 e. The lowest BCUT2D eigenvalue weighted by Gasteiger charge is -2.22. The first-order valence-corrected chi connectivity index (χ1v) is 10.1. The molecule has 0 unspecified atom stereocenters. The summed E-state index contributed by atoms with van der Waals surface area (Å²) in [5.74, 6) is 1.32. The number of nitrogens with zero attached hydrogens (tertiary/aromatic N) is 4. The summed E-state index contributed by atoms with van der Waals surface area (Å²) in [4.78, 5) is 17.3. The maximum atomic E-state index is 12.6.